The second-order valence-electron chi connectivity index (χ2n) is 15.9. The topological polar surface area (TPSA) is 46.2 Å². The molecule has 0 amide bonds. The van der Waals surface area contributed by atoms with E-state index in [-0.39, 0.29) is 17.4 Å². The fourth-order valence-electron chi connectivity index (χ4n) is 9.47. The Labute approximate surface area is 321 Å². The highest BCUT2D eigenvalue weighted by Gasteiger charge is 2.35. The first-order chi connectivity index (χ1) is 25.9. The van der Waals surface area contributed by atoms with Gasteiger partial charge in [-0.2, -0.15) is 0 Å². The average molecular weight is 730 g/mol. The zero-order valence-electron chi connectivity index (χ0n) is 31.9. The van der Waals surface area contributed by atoms with Gasteiger partial charge in [0.25, 0.3) is 0 Å². The highest BCUT2D eigenvalue weighted by atomic mass is 32.2. The monoisotopic (exact) mass is 729 g/mol. The first-order valence-corrected chi connectivity index (χ1v) is 21.4. The van der Waals surface area contributed by atoms with E-state index in [1.165, 1.54) is 81.5 Å². The van der Waals surface area contributed by atoms with Gasteiger partial charge in [-0.05, 0) is 135 Å². The van der Waals surface area contributed by atoms with Crippen LogP contribution in [0.2, 0.25) is 0 Å². The molecule has 0 aromatic heterocycles. The molecule has 278 valence electrons. The molecule has 3 aliphatic rings. The van der Waals surface area contributed by atoms with Crippen LogP contribution in [-0.4, -0.2) is 18.1 Å². The number of halogens is 1. The summed E-state index contributed by atoms with van der Waals surface area (Å²) in [6.07, 6.45) is 17.3. The zero-order chi connectivity index (χ0) is 36.9. The Morgan fingerprint density at radius 1 is 0.642 bits per heavy atom. The van der Waals surface area contributed by atoms with E-state index >= 15 is 4.39 Å². The van der Waals surface area contributed by atoms with Gasteiger partial charge in [0.2, 0.25) is 0 Å². The van der Waals surface area contributed by atoms with Gasteiger partial charge in [0.15, 0.2) is 11.6 Å². The second-order valence-corrected chi connectivity index (χ2v) is 17.1. The molecule has 4 aromatic rings. The van der Waals surface area contributed by atoms with Crippen molar-refractivity contribution in [3.63, 3.8) is 0 Å². The van der Waals surface area contributed by atoms with Crippen molar-refractivity contribution < 1.29 is 14.0 Å². The molecule has 3 nitrogen and oxygen atoms in total. The maximum atomic E-state index is 15.5. The molecule has 7 rings (SSSR count). The SMILES string of the molecule is CCCCCC1CCC(c2cc(NCC)c3c(c2)C(=O)c2c(Sc4ccc(-c5ccc(C6CCC(CCC)CC6)cc5F)cc4)cccc2C3=O)CC1. The van der Waals surface area contributed by atoms with Gasteiger partial charge >= 0.3 is 0 Å². The third-order valence-corrected chi connectivity index (χ3v) is 13.5. The highest BCUT2D eigenvalue weighted by molar-refractivity contribution is 7.99. The predicted octanol–water partition coefficient (Wildman–Crippen LogP) is 13.8. The fourth-order valence-corrected chi connectivity index (χ4v) is 10.4. The third kappa shape index (κ3) is 8.21. The van der Waals surface area contributed by atoms with E-state index in [9.17, 15) is 9.59 Å². The minimum absolute atomic E-state index is 0.0791. The summed E-state index contributed by atoms with van der Waals surface area (Å²) in [6.45, 7) is 7.24. The molecular formula is C48H56FNO2S. The summed E-state index contributed by atoms with van der Waals surface area (Å²) in [4.78, 5) is 30.4. The van der Waals surface area contributed by atoms with E-state index in [1.807, 2.05) is 55.5 Å². The predicted molar refractivity (Wildman–Crippen MR) is 218 cm³/mol. The summed E-state index contributed by atoms with van der Waals surface area (Å²) < 4.78 is 15.5. The normalized spacial score (nSPS) is 21.3. The van der Waals surface area contributed by atoms with Gasteiger partial charge in [-0.25, -0.2) is 4.39 Å². The summed E-state index contributed by atoms with van der Waals surface area (Å²) >= 11 is 1.49. The Balaban J connectivity index is 1.09. The van der Waals surface area contributed by atoms with Crippen molar-refractivity contribution in [3.05, 3.63) is 112 Å². The van der Waals surface area contributed by atoms with Crippen molar-refractivity contribution in [2.45, 2.75) is 132 Å². The van der Waals surface area contributed by atoms with Crippen LogP contribution in [0.3, 0.4) is 0 Å². The quantitative estimate of drug-likeness (QED) is 0.123. The standard InChI is InChI=1S/C48H56FNO2S/c1-4-7-8-11-32-16-20-34(21-17-32)37-28-41-45(43(30-37)50-6-3)47(51)40-12-9-13-44(46(40)48(41)52)53-38-25-22-35(23-26-38)39-27-24-36(29-42(39)49)33-18-14-31(10-5-2)15-19-33/h9,12-13,22-34,50H,4-8,10-11,14-21H2,1-3H3. The molecule has 0 saturated heterocycles. The van der Waals surface area contributed by atoms with Crippen molar-refractivity contribution in [2.24, 2.45) is 11.8 Å². The van der Waals surface area contributed by atoms with Gasteiger partial charge < -0.3 is 5.32 Å². The summed E-state index contributed by atoms with van der Waals surface area (Å²) in [7, 11) is 0. The average Bonchev–Trinajstić information content (AvgIpc) is 3.18. The van der Waals surface area contributed by atoms with Crippen LogP contribution in [0, 0.1) is 17.7 Å². The molecule has 0 unspecified atom stereocenters. The molecule has 5 heteroatoms. The van der Waals surface area contributed by atoms with Gasteiger partial charge in [0.05, 0.1) is 5.56 Å². The number of rotatable bonds is 13. The molecule has 0 radical (unpaired) electrons. The molecule has 4 aromatic carbocycles. The summed E-state index contributed by atoms with van der Waals surface area (Å²) in [5, 5.41) is 3.44. The molecule has 0 heterocycles. The lowest BCUT2D eigenvalue weighted by molar-refractivity contribution is 0.0977. The number of carbonyl (C=O) groups is 2. The van der Waals surface area contributed by atoms with Gasteiger partial charge in [-0.1, -0.05) is 101 Å². The molecule has 2 saturated carbocycles. The summed E-state index contributed by atoms with van der Waals surface area (Å²) in [5.41, 5.74) is 6.50. The number of fused-ring (bicyclic) bond motifs is 2. The van der Waals surface area contributed by atoms with Gasteiger partial charge in [0.1, 0.15) is 5.82 Å². The van der Waals surface area contributed by atoms with Crippen molar-refractivity contribution in [2.75, 3.05) is 11.9 Å². The summed E-state index contributed by atoms with van der Waals surface area (Å²) in [6, 6.07) is 23.5. The van der Waals surface area contributed by atoms with Crippen molar-refractivity contribution in [1.29, 1.82) is 0 Å². The molecule has 3 aliphatic carbocycles. The number of nitrogens with one attached hydrogen (secondary N) is 1. The Kier molecular flexibility index (Phi) is 12.2. The van der Waals surface area contributed by atoms with Gasteiger partial charge in [0, 0.05) is 44.3 Å². The highest BCUT2D eigenvalue weighted by Crippen LogP contribution is 2.44. The van der Waals surface area contributed by atoms with Crippen LogP contribution in [0.4, 0.5) is 10.1 Å². The molecule has 0 spiro atoms. The lowest BCUT2D eigenvalue weighted by Gasteiger charge is -2.30. The number of hydrogen-bond acceptors (Lipinski definition) is 4. The molecule has 1 N–H and O–H groups in total. The lowest BCUT2D eigenvalue weighted by atomic mass is 9.75. The fraction of sp³-hybridized carbons (Fsp3) is 0.458. The van der Waals surface area contributed by atoms with E-state index in [0.29, 0.717) is 46.2 Å². The van der Waals surface area contributed by atoms with Crippen LogP contribution < -0.4 is 5.32 Å². The van der Waals surface area contributed by atoms with Crippen LogP contribution in [0.1, 0.15) is 165 Å². The lowest BCUT2D eigenvalue weighted by Crippen LogP contribution is -2.24. The van der Waals surface area contributed by atoms with Crippen molar-refractivity contribution in [3.8, 4) is 11.1 Å². The number of unbranched alkanes of at least 4 members (excludes halogenated alkanes) is 2. The molecule has 2 fully saturated rings. The number of hydrogen-bond donors (Lipinski definition) is 1. The largest absolute Gasteiger partial charge is 0.385 e. The zero-order valence-corrected chi connectivity index (χ0v) is 32.8. The second kappa shape index (κ2) is 17.2. The van der Waals surface area contributed by atoms with Crippen LogP contribution in [0.15, 0.2) is 82.6 Å². The van der Waals surface area contributed by atoms with Crippen molar-refractivity contribution in [1.82, 2.24) is 0 Å². The number of anilines is 1. The first kappa shape index (κ1) is 37.6. The Bertz CT molecular complexity index is 1920. The molecule has 0 bridgehead atoms. The minimum Gasteiger partial charge on any atom is -0.385 e. The first-order valence-electron chi connectivity index (χ1n) is 20.6. The van der Waals surface area contributed by atoms with E-state index in [0.717, 1.165) is 64.1 Å². The third-order valence-electron chi connectivity index (χ3n) is 12.4. The van der Waals surface area contributed by atoms with Crippen LogP contribution in [0.25, 0.3) is 11.1 Å². The molecule has 0 atom stereocenters. The number of ketones is 2. The van der Waals surface area contributed by atoms with Crippen LogP contribution in [0.5, 0.6) is 0 Å². The van der Waals surface area contributed by atoms with Crippen LogP contribution >= 0.6 is 11.8 Å². The van der Waals surface area contributed by atoms with E-state index in [4.69, 9.17) is 0 Å². The maximum absolute atomic E-state index is 15.5. The molecular weight excluding hydrogens is 674 g/mol. The Morgan fingerprint density at radius 3 is 1.98 bits per heavy atom. The van der Waals surface area contributed by atoms with E-state index < -0.39 is 0 Å². The summed E-state index contributed by atoms with van der Waals surface area (Å²) in [5.74, 6) is 2.14. The van der Waals surface area contributed by atoms with Gasteiger partial charge in [-0.15, -0.1) is 0 Å². The Morgan fingerprint density at radius 2 is 1.32 bits per heavy atom. The smallest absolute Gasteiger partial charge is 0.196 e. The van der Waals surface area contributed by atoms with Crippen LogP contribution in [-0.2, 0) is 0 Å². The maximum Gasteiger partial charge on any atom is 0.196 e. The minimum atomic E-state index is -0.171. The Hall–Kier alpha value is -3.70. The van der Waals surface area contributed by atoms with E-state index in [1.54, 1.807) is 12.1 Å². The molecule has 53 heavy (non-hydrogen) atoms. The molecule has 0 aliphatic heterocycles. The van der Waals surface area contributed by atoms with Gasteiger partial charge in [-0.3, -0.25) is 9.59 Å². The number of benzene rings is 4. The van der Waals surface area contributed by atoms with Crippen molar-refractivity contribution >= 4 is 29.0 Å². The van der Waals surface area contributed by atoms with E-state index in [2.05, 4.69) is 31.3 Å². The number of carbonyl (C=O) groups excluding carboxylic acids is 2.